The van der Waals surface area contributed by atoms with Gasteiger partial charge in [0.1, 0.15) is 6.61 Å². The number of hydrogen-bond donors (Lipinski definition) is 1. The van der Waals surface area contributed by atoms with Crippen LogP contribution in [-0.2, 0) is 19.1 Å². The molecule has 1 unspecified atom stereocenters. The summed E-state index contributed by atoms with van der Waals surface area (Å²) in [6.07, 6.45) is 114. The molecule has 0 amide bonds. The average molecular weight is 1150 g/mol. The lowest BCUT2D eigenvalue weighted by molar-refractivity contribution is -0.161. The van der Waals surface area contributed by atoms with Gasteiger partial charge in [-0.05, 0) is 141 Å². The summed E-state index contributed by atoms with van der Waals surface area (Å²) in [6.45, 7) is 3.89. The van der Waals surface area contributed by atoms with Crippen molar-refractivity contribution in [2.75, 3.05) is 13.2 Å². The van der Waals surface area contributed by atoms with E-state index in [-0.39, 0.29) is 25.2 Å². The molecule has 0 aromatic rings. The average Bonchev–Trinajstić information content (AvgIpc) is 3.51. The first-order valence-electron chi connectivity index (χ1n) is 34.0. The summed E-state index contributed by atoms with van der Waals surface area (Å²) >= 11 is 0. The fourth-order valence-corrected chi connectivity index (χ4v) is 8.88. The van der Waals surface area contributed by atoms with Gasteiger partial charge in [-0.2, -0.15) is 0 Å². The first-order valence-corrected chi connectivity index (χ1v) is 34.0. The van der Waals surface area contributed by atoms with Gasteiger partial charge in [0, 0.05) is 12.8 Å². The predicted molar refractivity (Wildman–Crippen MR) is 370 cm³/mol. The minimum atomic E-state index is -0.805. The van der Waals surface area contributed by atoms with Gasteiger partial charge >= 0.3 is 11.9 Å². The number of hydrogen-bond acceptors (Lipinski definition) is 5. The van der Waals surface area contributed by atoms with Crippen LogP contribution in [0.5, 0.6) is 0 Å². The molecule has 84 heavy (non-hydrogen) atoms. The molecule has 0 aromatic carbocycles. The molecule has 0 aliphatic carbocycles. The summed E-state index contributed by atoms with van der Waals surface area (Å²) in [7, 11) is 0. The highest BCUT2D eigenvalue weighted by atomic mass is 16.6. The van der Waals surface area contributed by atoms with Crippen LogP contribution in [0.4, 0.5) is 0 Å². The number of esters is 2. The molecule has 0 heterocycles. The zero-order valence-corrected chi connectivity index (χ0v) is 53.8. The van der Waals surface area contributed by atoms with E-state index >= 15 is 0 Å². The molecule has 0 bridgehead atoms. The van der Waals surface area contributed by atoms with Gasteiger partial charge in [-0.25, -0.2) is 0 Å². The van der Waals surface area contributed by atoms with E-state index < -0.39 is 6.10 Å². The van der Waals surface area contributed by atoms with Crippen molar-refractivity contribution in [2.45, 2.75) is 277 Å². The minimum absolute atomic E-state index is 0.0901. The summed E-state index contributed by atoms with van der Waals surface area (Å²) in [4.78, 5) is 24.6. The second kappa shape index (κ2) is 72.0. The van der Waals surface area contributed by atoms with Crippen LogP contribution in [0.1, 0.15) is 271 Å². The number of aliphatic hydroxyl groups excluding tert-OH is 1. The van der Waals surface area contributed by atoms with Crippen LogP contribution in [0.2, 0.25) is 0 Å². The van der Waals surface area contributed by atoms with Gasteiger partial charge in [0.2, 0.25) is 0 Å². The molecule has 0 rings (SSSR count). The Bertz CT molecular complexity index is 1930. The second-order valence-electron chi connectivity index (χ2n) is 21.8. The van der Waals surface area contributed by atoms with Gasteiger partial charge in [0.25, 0.3) is 0 Å². The molecule has 0 aliphatic rings. The second-order valence-corrected chi connectivity index (χ2v) is 21.8. The molecule has 5 nitrogen and oxygen atoms in total. The molecular weight excluding hydrogens is 1030 g/mol. The lowest BCUT2D eigenvalue weighted by Crippen LogP contribution is -2.28. The summed E-state index contributed by atoms with van der Waals surface area (Å²) in [5, 5.41) is 9.69. The van der Waals surface area contributed by atoms with E-state index in [4.69, 9.17) is 9.47 Å². The standard InChI is InChI=1S/C79H124O5/c1-3-5-7-9-11-13-15-17-19-21-23-25-27-29-31-33-35-37-38-39-40-42-44-46-48-50-52-54-56-58-60-62-64-66-68-70-72-74-79(82)84-77(75-80)76-83-78(81)73-71-69-67-65-63-61-59-57-55-53-51-49-47-45-43-41-36-34-32-30-28-26-24-22-20-18-16-14-12-10-8-6-4-2/h5-8,11-14,17-20,23-26,29-32,35,37,39-40,44,46,50,52,56,58,62,64,77,80H,3-4,9-10,15-16,21-22,27-28,33-34,36,38,41-43,45,47-49,51,53-55,57,59-61,63,65-76H2,1-2H3/b7-5-,8-6-,13-11-,14-12-,19-17-,20-18-,25-23-,26-24-,31-29-,32-30-,37-35-,40-39-,46-44-,52-50-,58-56-,64-62-. The van der Waals surface area contributed by atoms with Gasteiger partial charge in [-0.1, -0.05) is 311 Å². The lowest BCUT2D eigenvalue weighted by atomic mass is 10.0. The Balaban J connectivity index is 3.61. The molecule has 0 saturated carbocycles. The van der Waals surface area contributed by atoms with Crippen molar-refractivity contribution in [3.63, 3.8) is 0 Å². The van der Waals surface area contributed by atoms with Crippen molar-refractivity contribution in [1.82, 2.24) is 0 Å². The fourth-order valence-electron chi connectivity index (χ4n) is 8.88. The van der Waals surface area contributed by atoms with Crippen LogP contribution in [0, 0.1) is 0 Å². The van der Waals surface area contributed by atoms with Gasteiger partial charge in [-0.15, -0.1) is 0 Å². The topological polar surface area (TPSA) is 72.8 Å². The Hall–Kier alpha value is -5.26. The normalized spacial score (nSPS) is 13.5. The summed E-state index contributed by atoms with van der Waals surface area (Å²) < 4.78 is 10.7. The van der Waals surface area contributed by atoms with Crippen molar-refractivity contribution in [1.29, 1.82) is 0 Å². The highest BCUT2D eigenvalue weighted by molar-refractivity contribution is 5.70. The highest BCUT2D eigenvalue weighted by Crippen LogP contribution is 2.16. The van der Waals surface area contributed by atoms with Gasteiger partial charge in [0.15, 0.2) is 6.10 Å². The Morgan fingerprint density at radius 3 is 0.726 bits per heavy atom. The third-order valence-corrected chi connectivity index (χ3v) is 13.9. The first kappa shape index (κ1) is 78.7. The zero-order valence-electron chi connectivity index (χ0n) is 53.8. The van der Waals surface area contributed by atoms with Crippen molar-refractivity contribution < 1.29 is 24.2 Å². The number of ether oxygens (including phenoxy) is 2. The molecule has 0 fully saturated rings. The Morgan fingerprint density at radius 1 is 0.274 bits per heavy atom. The van der Waals surface area contributed by atoms with E-state index in [1.54, 1.807) is 0 Å². The molecule has 1 atom stereocenters. The Morgan fingerprint density at radius 2 is 0.476 bits per heavy atom. The lowest BCUT2D eigenvalue weighted by Gasteiger charge is -2.15. The molecule has 0 aliphatic heterocycles. The maximum absolute atomic E-state index is 12.3. The molecule has 0 radical (unpaired) electrons. The number of carbonyl (C=O) groups excluding carboxylic acids is 2. The zero-order chi connectivity index (χ0) is 60.5. The molecular formula is C79H124O5. The molecule has 5 heteroatoms. The van der Waals surface area contributed by atoms with Crippen molar-refractivity contribution in [3.8, 4) is 0 Å². The molecule has 0 saturated heterocycles. The largest absolute Gasteiger partial charge is 0.462 e. The maximum atomic E-state index is 12.3. The van der Waals surface area contributed by atoms with Crippen molar-refractivity contribution in [2.24, 2.45) is 0 Å². The van der Waals surface area contributed by atoms with Gasteiger partial charge in [-0.3, -0.25) is 9.59 Å². The van der Waals surface area contributed by atoms with E-state index in [0.29, 0.717) is 12.8 Å². The van der Waals surface area contributed by atoms with E-state index in [9.17, 15) is 14.7 Å². The van der Waals surface area contributed by atoms with Crippen LogP contribution in [0.15, 0.2) is 194 Å². The number of aliphatic hydroxyl groups is 1. The molecule has 0 aromatic heterocycles. The number of unbranched alkanes of at least 4 members (excludes halogenated alkanes) is 20. The summed E-state index contributed by atoms with van der Waals surface area (Å²) in [5.74, 6) is -0.637. The molecule has 470 valence electrons. The van der Waals surface area contributed by atoms with E-state index in [1.165, 1.54) is 96.3 Å². The minimum Gasteiger partial charge on any atom is -0.462 e. The van der Waals surface area contributed by atoms with E-state index in [0.717, 1.165) is 148 Å². The Kier molecular flexibility index (Phi) is 67.5. The maximum Gasteiger partial charge on any atom is 0.306 e. The third kappa shape index (κ3) is 69.2. The van der Waals surface area contributed by atoms with Crippen LogP contribution >= 0.6 is 0 Å². The highest BCUT2D eigenvalue weighted by Gasteiger charge is 2.16. The SMILES string of the molecule is CC/C=C\C/C=C\C/C=C\C/C=C\C/C=C\C/C=C\C/C=C\C/C=C\C/C=C\C/C=C\C/C=C\CCCCCC(=O)OC(CO)COC(=O)CCCCCCCCCCCCCCCCCCC/C=C\C/C=C\C/C=C\C/C=C\C/C=C\CC. The summed E-state index contributed by atoms with van der Waals surface area (Å²) in [6, 6.07) is 0. The monoisotopic (exact) mass is 1150 g/mol. The van der Waals surface area contributed by atoms with Crippen LogP contribution in [0.3, 0.4) is 0 Å². The van der Waals surface area contributed by atoms with Gasteiger partial charge < -0.3 is 14.6 Å². The fraction of sp³-hybridized carbons (Fsp3) is 0.570. The van der Waals surface area contributed by atoms with Crippen molar-refractivity contribution in [3.05, 3.63) is 194 Å². The number of allylic oxidation sites excluding steroid dienone is 32. The van der Waals surface area contributed by atoms with E-state index in [2.05, 4.69) is 208 Å². The Labute approximate surface area is 518 Å². The predicted octanol–water partition coefficient (Wildman–Crippen LogP) is 24.0. The first-order chi connectivity index (χ1) is 41.6. The van der Waals surface area contributed by atoms with Crippen molar-refractivity contribution >= 4 is 11.9 Å². The van der Waals surface area contributed by atoms with Crippen LogP contribution in [0.25, 0.3) is 0 Å². The van der Waals surface area contributed by atoms with Crippen LogP contribution < -0.4 is 0 Å². The number of rotatable bonds is 60. The van der Waals surface area contributed by atoms with Crippen LogP contribution in [-0.4, -0.2) is 36.4 Å². The quantitative estimate of drug-likeness (QED) is 0.0373. The smallest absolute Gasteiger partial charge is 0.306 e. The molecule has 1 N–H and O–H groups in total. The number of carbonyl (C=O) groups is 2. The van der Waals surface area contributed by atoms with E-state index in [1.807, 2.05) is 0 Å². The summed E-state index contributed by atoms with van der Waals surface area (Å²) in [5.41, 5.74) is 0. The van der Waals surface area contributed by atoms with Gasteiger partial charge in [0.05, 0.1) is 6.61 Å². The molecule has 0 spiro atoms. The third-order valence-electron chi connectivity index (χ3n) is 13.9.